The normalized spacial score (nSPS) is 18.6. The lowest BCUT2D eigenvalue weighted by atomic mass is 9.72. The molecule has 0 N–H and O–H groups in total. The van der Waals surface area contributed by atoms with E-state index < -0.39 is 46.8 Å². The molecule has 4 aromatic carbocycles. The molecule has 2 amide bonds. The molecule has 12 heteroatoms. The summed E-state index contributed by atoms with van der Waals surface area (Å²) in [5.74, 6) is -6.34. The average Bonchev–Trinajstić information content (AvgIpc) is 3.55. The first-order valence-corrected chi connectivity index (χ1v) is 16.2. The van der Waals surface area contributed by atoms with Gasteiger partial charge in [0.1, 0.15) is 11.1 Å². The van der Waals surface area contributed by atoms with Crippen LogP contribution in [0.2, 0.25) is 0 Å². The number of methoxy groups -OCH3 is 4. The first-order valence-electron chi connectivity index (χ1n) is 16.2. The number of hydrogen-bond donors (Lipinski definition) is 0. The number of fused-ring (bicyclic) bond motifs is 2. The third-order valence-corrected chi connectivity index (χ3v) is 9.81. The fraction of sp³-hybridized carbons (Fsp3) is 0.250. The van der Waals surface area contributed by atoms with E-state index in [1.165, 1.54) is 38.2 Å². The van der Waals surface area contributed by atoms with Crippen molar-refractivity contribution in [2.75, 3.05) is 42.5 Å². The zero-order valence-electron chi connectivity index (χ0n) is 29.5. The van der Waals surface area contributed by atoms with Crippen LogP contribution in [0, 0.1) is 11.8 Å². The van der Waals surface area contributed by atoms with E-state index in [0.717, 1.165) is 0 Å². The Morgan fingerprint density at radius 2 is 0.731 bits per heavy atom. The minimum atomic E-state index is -1.36. The predicted molar refractivity (Wildman–Crippen MR) is 187 cm³/mol. The molecule has 2 atom stereocenters. The number of esters is 4. The van der Waals surface area contributed by atoms with Crippen LogP contribution in [0.1, 0.15) is 43.0 Å². The molecule has 268 valence electrons. The van der Waals surface area contributed by atoms with E-state index in [1.807, 2.05) is 12.1 Å². The molecule has 2 aliphatic heterocycles. The molecule has 52 heavy (non-hydrogen) atoms. The molecule has 0 aromatic heterocycles. The van der Waals surface area contributed by atoms with Crippen LogP contribution in [0.3, 0.4) is 0 Å². The summed E-state index contributed by atoms with van der Waals surface area (Å²) in [5.41, 5.74) is 0.570. The topological polar surface area (TPSA) is 146 Å². The molecule has 0 saturated heterocycles. The highest BCUT2D eigenvalue weighted by Crippen LogP contribution is 2.50. The standard InChI is InChI=1S/2C20H19NO5/c2*1-21-17(22)14-11-7-8-12-15(14)20(21,13-9-5-4-6-10-13)16(18(23)25-2)19(24)26-3/h2*4-12,16H,1-3H3/t2*20-/m00/s1. The van der Waals surface area contributed by atoms with Crippen LogP contribution >= 0.6 is 0 Å². The maximum absolute atomic E-state index is 12.9. The number of hydrogen-bond acceptors (Lipinski definition) is 10. The van der Waals surface area contributed by atoms with Crippen LogP contribution < -0.4 is 0 Å². The first-order chi connectivity index (χ1) is 25.0. The van der Waals surface area contributed by atoms with Crippen LogP contribution in [0.5, 0.6) is 0 Å². The van der Waals surface area contributed by atoms with Crippen LogP contribution in [0.25, 0.3) is 0 Å². The van der Waals surface area contributed by atoms with Gasteiger partial charge in [0.15, 0.2) is 11.8 Å². The third-order valence-electron chi connectivity index (χ3n) is 9.81. The molecule has 0 spiro atoms. The van der Waals surface area contributed by atoms with Gasteiger partial charge in [0.05, 0.1) is 28.4 Å². The summed E-state index contributed by atoms with van der Waals surface area (Å²) < 4.78 is 19.7. The Bertz CT molecular complexity index is 1840. The summed E-state index contributed by atoms with van der Waals surface area (Å²) in [7, 11) is 7.99. The lowest BCUT2D eigenvalue weighted by Gasteiger charge is -2.41. The van der Waals surface area contributed by atoms with Crippen LogP contribution in [-0.4, -0.2) is 88.0 Å². The van der Waals surface area contributed by atoms with Gasteiger partial charge in [-0.3, -0.25) is 28.8 Å². The zero-order valence-corrected chi connectivity index (χ0v) is 29.5. The van der Waals surface area contributed by atoms with Gasteiger partial charge in [-0.2, -0.15) is 0 Å². The second kappa shape index (κ2) is 14.9. The zero-order chi connectivity index (χ0) is 37.8. The Labute approximate surface area is 300 Å². The smallest absolute Gasteiger partial charge is 0.323 e. The average molecular weight is 707 g/mol. The highest BCUT2D eigenvalue weighted by molar-refractivity contribution is 6.06. The van der Waals surface area contributed by atoms with Gasteiger partial charge < -0.3 is 28.7 Å². The number of rotatable bonds is 8. The van der Waals surface area contributed by atoms with E-state index >= 15 is 0 Å². The van der Waals surface area contributed by atoms with Gasteiger partial charge in [-0.25, -0.2) is 0 Å². The Morgan fingerprint density at radius 3 is 1.02 bits per heavy atom. The van der Waals surface area contributed by atoms with E-state index in [-0.39, 0.29) is 11.8 Å². The Morgan fingerprint density at radius 1 is 0.462 bits per heavy atom. The number of ether oxygens (including phenoxy) is 4. The summed E-state index contributed by atoms with van der Waals surface area (Å²) in [4.78, 5) is 79.4. The van der Waals surface area contributed by atoms with E-state index in [9.17, 15) is 28.8 Å². The minimum Gasteiger partial charge on any atom is -0.468 e. The van der Waals surface area contributed by atoms with Gasteiger partial charge >= 0.3 is 23.9 Å². The van der Waals surface area contributed by atoms with Crippen molar-refractivity contribution in [3.63, 3.8) is 0 Å². The number of carbonyl (C=O) groups is 6. The van der Waals surface area contributed by atoms with Crippen molar-refractivity contribution >= 4 is 35.7 Å². The van der Waals surface area contributed by atoms with Gasteiger partial charge in [0.2, 0.25) is 0 Å². The summed E-state index contributed by atoms with van der Waals surface area (Å²) in [6, 6.07) is 31.9. The molecular formula is C40H38N2O10. The van der Waals surface area contributed by atoms with Crippen molar-refractivity contribution in [1.29, 1.82) is 0 Å². The summed E-state index contributed by atoms with van der Waals surface area (Å²) in [6.07, 6.45) is 0. The van der Waals surface area contributed by atoms with E-state index in [1.54, 1.807) is 111 Å². The number of nitrogens with zero attached hydrogens (tertiary/aromatic N) is 2. The number of amides is 2. The largest absolute Gasteiger partial charge is 0.468 e. The van der Waals surface area contributed by atoms with Gasteiger partial charge in [0.25, 0.3) is 11.8 Å². The second-order valence-corrected chi connectivity index (χ2v) is 12.0. The molecule has 6 rings (SSSR count). The molecule has 4 aromatic rings. The van der Waals surface area contributed by atoms with Crippen molar-refractivity contribution < 1.29 is 47.7 Å². The van der Waals surface area contributed by atoms with Crippen molar-refractivity contribution in [2.45, 2.75) is 11.1 Å². The van der Waals surface area contributed by atoms with Crippen LogP contribution in [0.4, 0.5) is 0 Å². The summed E-state index contributed by atoms with van der Waals surface area (Å²) >= 11 is 0. The highest BCUT2D eigenvalue weighted by Gasteiger charge is 2.61. The molecule has 2 aliphatic rings. The summed E-state index contributed by atoms with van der Waals surface area (Å²) in [5, 5.41) is 0. The SMILES string of the molecule is COC(=O)C(C(=O)OC)[C@]1(c2ccccc2)c2ccccc2C(=O)N1C.COC(=O)C(C(=O)OC)[C@]1(c2ccccc2)c2ccccc2C(=O)N1C. The Kier molecular flexibility index (Phi) is 10.6. The highest BCUT2D eigenvalue weighted by atomic mass is 16.6. The molecule has 0 fully saturated rings. The molecule has 0 unspecified atom stereocenters. The lowest BCUT2D eigenvalue weighted by molar-refractivity contribution is -0.166. The van der Waals surface area contributed by atoms with Gasteiger partial charge in [-0.1, -0.05) is 97.1 Å². The van der Waals surface area contributed by atoms with Gasteiger partial charge in [-0.15, -0.1) is 0 Å². The number of benzene rings is 4. The minimum absolute atomic E-state index is 0.276. The molecular weight excluding hydrogens is 668 g/mol. The van der Waals surface area contributed by atoms with Gasteiger partial charge in [-0.05, 0) is 34.4 Å². The van der Waals surface area contributed by atoms with Crippen LogP contribution in [0.15, 0.2) is 109 Å². The second-order valence-electron chi connectivity index (χ2n) is 12.0. The van der Waals surface area contributed by atoms with E-state index in [4.69, 9.17) is 18.9 Å². The molecule has 0 radical (unpaired) electrons. The van der Waals surface area contributed by atoms with Crippen molar-refractivity contribution in [3.05, 3.63) is 143 Å². The quantitative estimate of drug-likeness (QED) is 0.150. The first kappa shape index (κ1) is 37.0. The van der Waals surface area contributed by atoms with E-state index in [0.29, 0.717) is 33.4 Å². The van der Waals surface area contributed by atoms with Crippen molar-refractivity contribution in [3.8, 4) is 0 Å². The monoisotopic (exact) mass is 706 g/mol. The molecule has 0 aliphatic carbocycles. The molecule has 12 nitrogen and oxygen atoms in total. The van der Waals surface area contributed by atoms with Crippen molar-refractivity contribution in [1.82, 2.24) is 9.80 Å². The summed E-state index contributed by atoms with van der Waals surface area (Å²) in [6.45, 7) is 0. The number of carbonyl (C=O) groups excluding carboxylic acids is 6. The maximum atomic E-state index is 12.9. The fourth-order valence-electron chi connectivity index (χ4n) is 7.51. The molecule has 0 bridgehead atoms. The Hall–Kier alpha value is -6.30. The maximum Gasteiger partial charge on any atom is 0.323 e. The molecule has 0 saturated carbocycles. The predicted octanol–water partition coefficient (Wildman–Crippen LogP) is 3.96. The Balaban J connectivity index is 0.000000201. The van der Waals surface area contributed by atoms with Crippen LogP contribution in [-0.2, 0) is 49.2 Å². The van der Waals surface area contributed by atoms with E-state index in [2.05, 4.69) is 0 Å². The van der Waals surface area contributed by atoms with Crippen molar-refractivity contribution in [2.24, 2.45) is 11.8 Å². The lowest BCUT2D eigenvalue weighted by Crippen LogP contribution is -2.54. The molecule has 2 heterocycles. The van der Waals surface area contributed by atoms with Gasteiger partial charge in [0, 0.05) is 25.2 Å². The third kappa shape index (κ3) is 5.56. The fourth-order valence-corrected chi connectivity index (χ4v) is 7.51.